The number of amides is 1. The Hall–Kier alpha value is -2.83. The lowest BCUT2D eigenvalue weighted by atomic mass is 10.1. The van der Waals surface area contributed by atoms with Crippen LogP contribution < -0.4 is 11.1 Å². The lowest BCUT2D eigenvalue weighted by Gasteiger charge is -2.16. The third-order valence-electron chi connectivity index (χ3n) is 3.72. The zero-order chi connectivity index (χ0) is 18.7. The number of carbonyl (C=O) groups is 2. The van der Waals surface area contributed by atoms with Crippen molar-refractivity contribution in [3.8, 4) is 11.3 Å². The van der Waals surface area contributed by atoms with Crippen molar-refractivity contribution in [2.24, 2.45) is 5.73 Å². The van der Waals surface area contributed by atoms with Gasteiger partial charge in [-0.25, -0.2) is 4.98 Å². The Morgan fingerprint density at radius 2 is 1.58 bits per heavy atom. The van der Waals surface area contributed by atoms with E-state index in [0.29, 0.717) is 21.3 Å². The molecule has 2 aromatic carbocycles. The van der Waals surface area contributed by atoms with Crippen molar-refractivity contribution >= 4 is 28.2 Å². The van der Waals surface area contributed by atoms with Gasteiger partial charge in [-0.05, 0) is 13.8 Å². The molecule has 0 fully saturated rings. The number of ketones is 1. The Bertz CT molecular complexity index is 929. The SMILES string of the molecule is CC(C)(N)C(=O)Nc1nc(-c2ccccc2)c(C(=O)c2ccccc2)s1. The van der Waals surface area contributed by atoms with Gasteiger partial charge < -0.3 is 11.1 Å². The molecule has 0 unspecified atom stereocenters. The molecule has 0 aliphatic carbocycles. The molecule has 6 heteroatoms. The smallest absolute Gasteiger partial charge is 0.245 e. The van der Waals surface area contributed by atoms with Crippen LogP contribution in [0.25, 0.3) is 11.3 Å². The van der Waals surface area contributed by atoms with Crippen LogP contribution in [0.5, 0.6) is 0 Å². The molecule has 3 N–H and O–H groups in total. The van der Waals surface area contributed by atoms with E-state index in [1.165, 1.54) is 0 Å². The van der Waals surface area contributed by atoms with E-state index in [4.69, 9.17) is 5.73 Å². The van der Waals surface area contributed by atoms with Crippen LogP contribution in [0.1, 0.15) is 29.1 Å². The number of hydrogen-bond donors (Lipinski definition) is 2. The average molecular weight is 365 g/mol. The van der Waals surface area contributed by atoms with Crippen LogP contribution in [0.2, 0.25) is 0 Å². The monoisotopic (exact) mass is 365 g/mol. The fourth-order valence-electron chi connectivity index (χ4n) is 2.30. The van der Waals surface area contributed by atoms with Gasteiger partial charge in [-0.1, -0.05) is 72.0 Å². The summed E-state index contributed by atoms with van der Waals surface area (Å²) in [5.41, 5.74) is 6.73. The van der Waals surface area contributed by atoms with E-state index >= 15 is 0 Å². The highest BCUT2D eigenvalue weighted by Crippen LogP contribution is 2.33. The number of hydrogen-bond acceptors (Lipinski definition) is 5. The molecule has 1 aromatic heterocycles. The van der Waals surface area contributed by atoms with Gasteiger partial charge in [-0.3, -0.25) is 9.59 Å². The largest absolute Gasteiger partial charge is 0.318 e. The number of rotatable bonds is 5. The Kier molecular flexibility index (Phi) is 4.97. The standard InChI is InChI=1S/C20H19N3O2S/c1-20(2,21)18(25)23-19-22-15(13-9-5-3-6-10-13)17(26-19)16(24)14-11-7-4-8-12-14/h3-12H,21H2,1-2H3,(H,22,23,25). The lowest BCUT2D eigenvalue weighted by Crippen LogP contribution is -2.45. The predicted octanol–water partition coefficient (Wildman–Crippen LogP) is 3.72. The molecule has 5 nitrogen and oxygen atoms in total. The molecule has 1 heterocycles. The molecule has 0 atom stereocenters. The number of nitrogens with two attached hydrogens (primary N) is 1. The molecule has 0 bridgehead atoms. The van der Waals surface area contributed by atoms with Crippen molar-refractivity contribution in [3.05, 3.63) is 71.1 Å². The van der Waals surface area contributed by atoms with Crippen molar-refractivity contribution in [2.45, 2.75) is 19.4 Å². The molecule has 3 rings (SSSR count). The number of nitrogens with zero attached hydrogens (tertiary/aromatic N) is 1. The molecular weight excluding hydrogens is 346 g/mol. The molecule has 0 saturated carbocycles. The Labute approximate surface area is 155 Å². The second-order valence-electron chi connectivity index (χ2n) is 6.43. The molecule has 0 radical (unpaired) electrons. The first kappa shape index (κ1) is 18.0. The van der Waals surface area contributed by atoms with Crippen LogP contribution in [0, 0.1) is 0 Å². The third-order valence-corrected chi connectivity index (χ3v) is 4.69. The fraction of sp³-hybridized carbons (Fsp3) is 0.150. The van der Waals surface area contributed by atoms with Gasteiger partial charge in [0.05, 0.1) is 11.2 Å². The number of carbonyl (C=O) groups excluding carboxylic acids is 2. The molecule has 0 aliphatic rings. The highest BCUT2D eigenvalue weighted by Gasteiger charge is 2.26. The zero-order valence-electron chi connectivity index (χ0n) is 14.5. The van der Waals surface area contributed by atoms with Gasteiger partial charge in [0.15, 0.2) is 5.13 Å². The third kappa shape index (κ3) is 3.87. The van der Waals surface area contributed by atoms with Gasteiger partial charge in [0.2, 0.25) is 11.7 Å². The van der Waals surface area contributed by atoms with Gasteiger partial charge in [-0.15, -0.1) is 0 Å². The highest BCUT2D eigenvalue weighted by molar-refractivity contribution is 7.18. The Morgan fingerprint density at radius 3 is 2.15 bits per heavy atom. The minimum atomic E-state index is -1.04. The van der Waals surface area contributed by atoms with Crippen LogP contribution in [-0.4, -0.2) is 22.2 Å². The summed E-state index contributed by atoms with van der Waals surface area (Å²) in [6.45, 7) is 3.23. The number of benzene rings is 2. The summed E-state index contributed by atoms with van der Waals surface area (Å²) in [7, 11) is 0. The van der Waals surface area contributed by atoms with Crippen LogP contribution in [-0.2, 0) is 4.79 Å². The summed E-state index contributed by atoms with van der Waals surface area (Å²) in [5, 5.41) is 3.06. The second kappa shape index (κ2) is 7.19. The quantitative estimate of drug-likeness (QED) is 0.675. The van der Waals surface area contributed by atoms with Crippen LogP contribution >= 0.6 is 11.3 Å². The summed E-state index contributed by atoms with van der Waals surface area (Å²) < 4.78 is 0. The highest BCUT2D eigenvalue weighted by atomic mass is 32.1. The van der Waals surface area contributed by atoms with E-state index < -0.39 is 5.54 Å². The summed E-state index contributed by atoms with van der Waals surface area (Å²) in [5.74, 6) is -0.487. The first-order chi connectivity index (χ1) is 12.4. The Balaban J connectivity index is 2.04. The van der Waals surface area contributed by atoms with E-state index in [2.05, 4.69) is 10.3 Å². The van der Waals surface area contributed by atoms with Gasteiger partial charge in [0.1, 0.15) is 4.88 Å². The fourth-order valence-corrected chi connectivity index (χ4v) is 3.24. The molecular formula is C20H19N3O2S. The number of aromatic nitrogens is 1. The molecule has 132 valence electrons. The van der Waals surface area contributed by atoms with Crippen molar-refractivity contribution in [2.75, 3.05) is 5.32 Å². The van der Waals surface area contributed by atoms with Crippen LogP contribution in [0.3, 0.4) is 0 Å². The summed E-state index contributed by atoms with van der Waals surface area (Å²) in [6, 6.07) is 18.4. The molecule has 0 aliphatic heterocycles. The summed E-state index contributed by atoms with van der Waals surface area (Å²) in [6.07, 6.45) is 0. The van der Waals surface area contributed by atoms with Gasteiger partial charge in [0.25, 0.3) is 0 Å². The zero-order valence-corrected chi connectivity index (χ0v) is 15.3. The maximum absolute atomic E-state index is 13.0. The van der Waals surface area contributed by atoms with E-state index in [0.717, 1.165) is 16.9 Å². The predicted molar refractivity (Wildman–Crippen MR) is 104 cm³/mol. The molecule has 1 amide bonds. The van der Waals surface area contributed by atoms with Crippen LogP contribution in [0.4, 0.5) is 5.13 Å². The van der Waals surface area contributed by atoms with Gasteiger partial charge >= 0.3 is 0 Å². The van der Waals surface area contributed by atoms with Gasteiger partial charge in [0, 0.05) is 11.1 Å². The second-order valence-corrected chi connectivity index (χ2v) is 7.43. The first-order valence-electron chi connectivity index (χ1n) is 8.12. The van der Waals surface area contributed by atoms with Crippen molar-refractivity contribution < 1.29 is 9.59 Å². The lowest BCUT2D eigenvalue weighted by molar-refractivity contribution is -0.120. The first-order valence-corrected chi connectivity index (χ1v) is 8.94. The number of anilines is 1. The van der Waals surface area contributed by atoms with E-state index in [-0.39, 0.29) is 11.7 Å². The number of nitrogens with one attached hydrogen (secondary N) is 1. The normalized spacial score (nSPS) is 11.2. The van der Waals surface area contributed by atoms with Crippen molar-refractivity contribution in [1.29, 1.82) is 0 Å². The molecule has 3 aromatic rings. The van der Waals surface area contributed by atoms with E-state index in [9.17, 15) is 9.59 Å². The summed E-state index contributed by atoms with van der Waals surface area (Å²) >= 11 is 1.15. The Morgan fingerprint density at radius 1 is 1.00 bits per heavy atom. The maximum atomic E-state index is 13.0. The van der Waals surface area contributed by atoms with Crippen molar-refractivity contribution in [1.82, 2.24) is 4.98 Å². The van der Waals surface area contributed by atoms with Crippen molar-refractivity contribution in [3.63, 3.8) is 0 Å². The maximum Gasteiger partial charge on any atom is 0.245 e. The van der Waals surface area contributed by atoms with Gasteiger partial charge in [-0.2, -0.15) is 0 Å². The van der Waals surface area contributed by atoms with Crippen LogP contribution in [0.15, 0.2) is 60.7 Å². The van der Waals surface area contributed by atoms with E-state index in [1.807, 2.05) is 48.5 Å². The minimum Gasteiger partial charge on any atom is -0.318 e. The average Bonchev–Trinajstić information content (AvgIpc) is 3.05. The topological polar surface area (TPSA) is 85.1 Å². The molecule has 0 saturated heterocycles. The molecule has 26 heavy (non-hydrogen) atoms. The van der Waals surface area contributed by atoms with E-state index in [1.54, 1.807) is 26.0 Å². The minimum absolute atomic E-state index is 0.130. The molecule has 0 spiro atoms. The summed E-state index contributed by atoms with van der Waals surface area (Å²) in [4.78, 5) is 30.1. The number of thiazole rings is 1.